The average Bonchev–Trinajstić information content (AvgIpc) is 2.68. The zero-order valence-corrected chi connectivity index (χ0v) is 15.7. The van der Waals surface area contributed by atoms with Crippen LogP contribution in [0.15, 0.2) is 60.3 Å². The molecule has 0 aliphatic carbocycles. The van der Waals surface area contributed by atoms with Crippen LogP contribution in [0.5, 0.6) is 5.75 Å². The number of carboxylic acids is 1. The molecule has 0 radical (unpaired) electrons. The molecule has 29 heavy (non-hydrogen) atoms. The summed E-state index contributed by atoms with van der Waals surface area (Å²) in [5, 5.41) is 13.7. The molecule has 8 heteroatoms. The number of hydrogen-bond donors (Lipinski definition) is 3. The Labute approximate surface area is 167 Å². The minimum Gasteiger partial charge on any atom is -0.481 e. The smallest absolute Gasteiger partial charge is 0.308 e. The molecule has 0 spiro atoms. The molecule has 0 saturated heterocycles. The Morgan fingerprint density at radius 3 is 2.24 bits per heavy atom. The number of nitrogens with one attached hydrogen (secondary N) is 2. The molecule has 0 unspecified atom stereocenters. The van der Waals surface area contributed by atoms with Gasteiger partial charge in [0.25, 0.3) is 11.8 Å². The van der Waals surface area contributed by atoms with Gasteiger partial charge < -0.3 is 20.5 Å². The molecule has 0 saturated carbocycles. The van der Waals surface area contributed by atoms with Gasteiger partial charge in [-0.15, -0.1) is 0 Å². The van der Waals surface area contributed by atoms with Crippen LogP contribution >= 0.6 is 0 Å². The zero-order chi connectivity index (χ0) is 21.2. The second-order valence-electron chi connectivity index (χ2n) is 5.94. The van der Waals surface area contributed by atoms with Gasteiger partial charge in [0, 0.05) is 19.0 Å². The Bertz CT molecular complexity index is 920. The lowest BCUT2D eigenvalue weighted by atomic mass is 10.1. The SMILES string of the molecule is CC(=O)Oc1ccc(/C=C(\NC(=O)c2ccccc2)C(=O)NCCC(=O)O)cc1. The molecular formula is C21H20N2O6. The molecule has 0 atom stereocenters. The lowest BCUT2D eigenvalue weighted by molar-refractivity contribution is -0.137. The van der Waals surface area contributed by atoms with Gasteiger partial charge in [-0.2, -0.15) is 0 Å². The Kier molecular flexibility index (Phi) is 7.67. The van der Waals surface area contributed by atoms with E-state index < -0.39 is 23.8 Å². The van der Waals surface area contributed by atoms with Crippen molar-refractivity contribution in [1.82, 2.24) is 10.6 Å². The number of ether oxygens (including phenoxy) is 1. The summed E-state index contributed by atoms with van der Waals surface area (Å²) >= 11 is 0. The fourth-order valence-corrected chi connectivity index (χ4v) is 2.29. The van der Waals surface area contributed by atoms with E-state index in [1.54, 1.807) is 54.6 Å². The van der Waals surface area contributed by atoms with Crippen LogP contribution in [0.2, 0.25) is 0 Å². The van der Waals surface area contributed by atoms with Gasteiger partial charge >= 0.3 is 11.9 Å². The second-order valence-corrected chi connectivity index (χ2v) is 5.94. The third-order valence-electron chi connectivity index (χ3n) is 3.61. The summed E-state index contributed by atoms with van der Waals surface area (Å²) in [5.41, 5.74) is 0.879. The highest BCUT2D eigenvalue weighted by atomic mass is 16.5. The number of benzene rings is 2. The van der Waals surface area contributed by atoms with E-state index in [9.17, 15) is 19.2 Å². The van der Waals surface area contributed by atoms with Gasteiger partial charge in [0.05, 0.1) is 6.42 Å². The molecule has 3 N–H and O–H groups in total. The van der Waals surface area contributed by atoms with E-state index in [0.29, 0.717) is 16.9 Å². The molecule has 0 fully saturated rings. The number of rotatable bonds is 8. The molecule has 0 bridgehead atoms. The van der Waals surface area contributed by atoms with Crippen molar-refractivity contribution in [1.29, 1.82) is 0 Å². The van der Waals surface area contributed by atoms with Crippen LogP contribution in [0.1, 0.15) is 29.3 Å². The Hall–Kier alpha value is -3.94. The van der Waals surface area contributed by atoms with Crippen molar-refractivity contribution < 1.29 is 29.0 Å². The van der Waals surface area contributed by atoms with Gasteiger partial charge in [-0.3, -0.25) is 19.2 Å². The minimum atomic E-state index is -1.05. The number of carbonyl (C=O) groups excluding carboxylic acids is 3. The molecule has 2 amide bonds. The van der Waals surface area contributed by atoms with Gasteiger partial charge in [0.1, 0.15) is 11.4 Å². The van der Waals surface area contributed by atoms with Crippen LogP contribution < -0.4 is 15.4 Å². The van der Waals surface area contributed by atoms with Gasteiger partial charge in [0.15, 0.2) is 0 Å². The number of amides is 2. The van der Waals surface area contributed by atoms with Crippen LogP contribution in [0.25, 0.3) is 6.08 Å². The van der Waals surface area contributed by atoms with Crippen LogP contribution in [-0.4, -0.2) is 35.4 Å². The topological polar surface area (TPSA) is 122 Å². The Balaban J connectivity index is 2.21. The molecule has 150 valence electrons. The van der Waals surface area contributed by atoms with Crippen molar-refractivity contribution >= 4 is 29.8 Å². The lowest BCUT2D eigenvalue weighted by Crippen LogP contribution is -2.35. The summed E-state index contributed by atoms with van der Waals surface area (Å²) in [4.78, 5) is 46.5. The molecule has 2 aromatic carbocycles. The molecule has 8 nitrogen and oxygen atoms in total. The fraction of sp³-hybridized carbons (Fsp3) is 0.143. The zero-order valence-electron chi connectivity index (χ0n) is 15.7. The maximum Gasteiger partial charge on any atom is 0.308 e. The highest BCUT2D eigenvalue weighted by molar-refractivity contribution is 6.05. The lowest BCUT2D eigenvalue weighted by Gasteiger charge is -2.11. The molecule has 0 aromatic heterocycles. The first kappa shape index (κ1) is 21.4. The van der Waals surface area contributed by atoms with Crippen LogP contribution in [-0.2, 0) is 14.4 Å². The van der Waals surface area contributed by atoms with Crippen molar-refractivity contribution in [3.8, 4) is 5.75 Å². The summed E-state index contributed by atoms with van der Waals surface area (Å²) in [5.74, 6) is -2.27. The van der Waals surface area contributed by atoms with Crippen molar-refractivity contribution in [3.05, 3.63) is 71.4 Å². The van der Waals surface area contributed by atoms with E-state index in [-0.39, 0.29) is 18.7 Å². The van der Waals surface area contributed by atoms with Crippen molar-refractivity contribution in [2.24, 2.45) is 0 Å². The van der Waals surface area contributed by atoms with Crippen molar-refractivity contribution in [2.75, 3.05) is 6.54 Å². The van der Waals surface area contributed by atoms with E-state index in [0.717, 1.165) is 0 Å². The third kappa shape index (κ3) is 7.30. The predicted octanol–water partition coefficient (Wildman–Crippen LogP) is 1.97. The van der Waals surface area contributed by atoms with E-state index in [2.05, 4.69) is 10.6 Å². The van der Waals surface area contributed by atoms with Crippen molar-refractivity contribution in [2.45, 2.75) is 13.3 Å². The van der Waals surface area contributed by atoms with Crippen LogP contribution in [0.4, 0.5) is 0 Å². The number of carbonyl (C=O) groups is 4. The summed E-state index contributed by atoms with van der Waals surface area (Å²) < 4.78 is 4.96. The van der Waals surface area contributed by atoms with Gasteiger partial charge in [-0.25, -0.2) is 0 Å². The third-order valence-corrected chi connectivity index (χ3v) is 3.61. The predicted molar refractivity (Wildman–Crippen MR) is 105 cm³/mol. The standard InChI is InChI=1S/C21H20N2O6/c1-14(24)29-17-9-7-15(8-10-17)13-18(21(28)22-12-11-19(25)26)23-20(27)16-5-3-2-4-6-16/h2-10,13H,11-12H2,1H3,(H,22,28)(H,23,27)(H,25,26)/b18-13-. The second kappa shape index (κ2) is 10.4. The monoisotopic (exact) mass is 396 g/mol. The minimum absolute atomic E-state index is 0.0514. The molecule has 0 aliphatic rings. The number of esters is 1. The quantitative estimate of drug-likeness (QED) is 0.356. The first-order valence-electron chi connectivity index (χ1n) is 8.71. The van der Waals surface area contributed by atoms with Crippen LogP contribution in [0, 0.1) is 0 Å². The van der Waals surface area contributed by atoms with Crippen LogP contribution in [0.3, 0.4) is 0 Å². The van der Waals surface area contributed by atoms with E-state index >= 15 is 0 Å². The van der Waals surface area contributed by atoms with Gasteiger partial charge in [-0.1, -0.05) is 30.3 Å². The first-order valence-corrected chi connectivity index (χ1v) is 8.71. The normalized spacial score (nSPS) is 10.7. The van der Waals surface area contributed by atoms with Gasteiger partial charge in [-0.05, 0) is 35.9 Å². The average molecular weight is 396 g/mol. The maximum atomic E-state index is 12.5. The molecule has 0 aliphatic heterocycles. The highest BCUT2D eigenvalue weighted by Crippen LogP contribution is 2.15. The highest BCUT2D eigenvalue weighted by Gasteiger charge is 2.15. The summed E-state index contributed by atoms with van der Waals surface area (Å²) in [6.07, 6.45) is 1.19. The van der Waals surface area contributed by atoms with E-state index in [1.807, 2.05) is 0 Å². The molecule has 2 rings (SSSR count). The van der Waals surface area contributed by atoms with E-state index in [4.69, 9.17) is 9.84 Å². The fourth-order valence-electron chi connectivity index (χ4n) is 2.29. The number of hydrogen-bond acceptors (Lipinski definition) is 5. The summed E-state index contributed by atoms with van der Waals surface area (Å²) in [6.45, 7) is 1.20. The Morgan fingerprint density at radius 1 is 1.00 bits per heavy atom. The molecule has 0 heterocycles. The summed E-state index contributed by atoms with van der Waals surface area (Å²) in [7, 11) is 0. The first-order chi connectivity index (χ1) is 13.8. The van der Waals surface area contributed by atoms with Crippen molar-refractivity contribution in [3.63, 3.8) is 0 Å². The van der Waals surface area contributed by atoms with E-state index in [1.165, 1.54) is 13.0 Å². The maximum absolute atomic E-state index is 12.5. The molecule has 2 aromatic rings. The molecular weight excluding hydrogens is 376 g/mol. The number of carboxylic acid groups (broad SMARTS) is 1. The number of aliphatic carboxylic acids is 1. The Morgan fingerprint density at radius 2 is 1.66 bits per heavy atom. The summed E-state index contributed by atoms with van der Waals surface area (Å²) in [6, 6.07) is 14.7. The largest absolute Gasteiger partial charge is 0.481 e. The van der Waals surface area contributed by atoms with Gasteiger partial charge in [0.2, 0.25) is 0 Å².